The van der Waals surface area contributed by atoms with Crippen LogP contribution in [0.4, 0.5) is 0 Å². The average molecular weight is 246 g/mol. The number of fused-ring (bicyclic) bond motifs is 1. The van der Waals surface area contributed by atoms with Gasteiger partial charge in [-0.25, -0.2) is 0 Å². The van der Waals surface area contributed by atoms with E-state index in [1.165, 1.54) is 24.0 Å². The van der Waals surface area contributed by atoms with E-state index in [0.29, 0.717) is 0 Å². The van der Waals surface area contributed by atoms with E-state index < -0.39 is 5.60 Å². The van der Waals surface area contributed by atoms with E-state index in [-0.39, 0.29) is 0 Å². The molecule has 18 heavy (non-hydrogen) atoms. The Morgan fingerprint density at radius 2 is 2.00 bits per heavy atom. The number of hydrogen-bond acceptors (Lipinski definition) is 1. The zero-order valence-electron chi connectivity index (χ0n) is 11.8. The summed E-state index contributed by atoms with van der Waals surface area (Å²) in [5.74, 6) is 0.731. The molecule has 1 aliphatic rings. The van der Waals surface area contributed by atoms with Gasteiger partial charge in [0.05, 0.1) is 5.60 Å². The van der Waals surface area contributed by atoms with Crippen LogP contribution in [0, 0.1) is 5.92 Å². The molecule has 0 fully saturated rings. The molecule has 0 aromatic heterocycles. The summed E-state index contributed by atoms with van der Waals surface area (Å²) in [7, 11) is 0. The van der Waals surface area contributed by atoms with Gasteiger partial charge in [0.1, 0.15) is 0 Å². The van der Waals surface area contributed by atoms with Gasteiger partial charge < -0.3 is 5.11 Å². The van der Waals surface area contributed by atoms with Crippen LogP contribution in [-0.2, 0) is 12.0 Å². The minimum atomic E-state index is -0.567. The van der Waals surface area contributed by atoms with E-state index in [1.54, 1.807) is 0 Å². The zero-order chi connectivity index (χ0) is 13.0. The van der Waals surface area contributed by atoms with E-state index in [9.17, 15) is 5.11 Å². The van der Waals surface area contributed by atoms with Gasteiger partial charge in [0.25, 0.3) is 0 Å². The van der Waals surface area contributed by atoms with E-state index >= 15 is 0 Å². The minimum absolute atomic E-state index is 0.567. The van der Waals surface area contributed by atoms with E-state index in [0.717, 1.165) is 38.0 Å². The molecule has 1 unspecified atom stereocenters. The van der Waals surface area contributed by atoms with Crippen molar-refractivity contribution >= 4 is 0 Å². The van der Waals surface area contributed by atoms with Crippen molar-refractivity contribution in [2.24, 2.45) is 5.92 Å². The maximum Gasteiger partial charge on any atom is 0.0899 e. The van der Waals surface area contributed by atoms with Crippen LogP contribution in [0.5, 0.6) is 0 Å². The number of aliphatic hydroxyl groups is 1. The lowest BCUT2D eigenvalue weighted by atomic mass is 9.83. The number of aryl methyl sites for hydroxylation is 1. The molecule has 1 aliphatic carbocycles. The number of rotatable bonds is 4. The molecule has 0 spiro atoms. The molecule has 1 nitrogen and oxygen atoms in total. The molecule has 0 radical (unpaired) electrons. The van der Waals surface area contributed by atoms with Crippen molar-refractivity contribution in [2.75, 3.05) is 0 Å². The highest BCUT2D eigenvalue weighted by molar-refractivity contribution is 5.33. The Morgan fingerprint density at radius 3 is 2.78 bits per heavy atom. The van der Waals surface area contributed by atoms with Crippen molar-refractivity contribution < 1.29 is 5.11 Å². The lowest BCUT2D eigenvalue weighted by Gasteiger charge is -2.29. The van der Waals surface area contributed by atoms with Gasteiger partial charge in [-0.3, -0.25) is 0 Å². The van der Waals surface area contributed by atoms with Gasteiger partial charge in [-0.15, -0.1) is 0 Å². The van der Waals surface area contributed by atoms with Crippen LogP contribution in [0.15, 0.2) is 24.3 Å². The largest absolute Gasteiger partial charge is 0.385 e. The van der Waals surface area contributed by atoms with Crippen molar-refractivity contribution in [1.82, 2.24) is 0 Å². The smallest absolute Gasteiger partial charge is 0.0899 e. The molecule has 1 aromatic rings. The summed E-state index contributed by atoms with van der Waals surface area (Å²) in [6.07, 6.45) is 7.68. The highest BCUT2D eigenvalue weighted by atomic mass is 16.3. The summed E-state index contributed by atoms with van der Waals surface area (Å²) >= 11 is 0. The lowest BCUT2D eigenvalue weighted by Crippen LogP contribution is -2.26. The SMILES string of the molecule is CC(C)CCCC1(O)CCCCc2ccccc21. The minimum Gasteiger partial charge on any atom is -0.385 e. The zero-order valence-corrected chi connectivity index (χ0v) is 11.8. The van der Waals surface area contributed by atoms with Crippen molar-refractivity contribution in [3.8, 4) is 0 Å². The molecule has 1 heteroatoms. The Balaban J connectivity index is 2.15. The highest BCUT2D eigenvalue weighted by Crippen LogP contribution is 2.38. The summed E-state index contributed by atoms with van der Waals surface area (Å²) in [6.45, 7) is 4.51. The molecule has 0 aliphatic heterocycles. The molecule has 1 aromatic carbocycles. The van der Waals surface area contributed by atoms with Gasteiger partial charge in [0.2, 0.25) is 0 Å². The van der Waals surface area contributed by atoms with E-state index in [1.807, 2.05) is 0 Å². The molecular formula is C17H26O. The molecule has 0 saturated heterocycles. The van der Waals surface area contributed by atoms with E-state index in [2.05, 4.69) is 38.1 Å². The Kier molecular flexibility index (Phi) is 4.45. The molecule has 0 saturated carbocycles. The summed E-state index contributed by atoms with van der Waals surface area (Å²) in [5, 5.41) is 11.0. The Hall–Kier alpha value is -0.820. The lowest BCUT2D eigenvalue weighted by molar-refractivity contribution is 0.0148. The second-order valence-electron chi connectivity index (χ2n) is 6.18. The topological polar surface area (TPSA) is 20.2 Å². The molecule has 0 heterocycles. The second kappa shape index (κ2) is 5.88. The first kappa shape index (κ1) is 13.6. The van der Waals surface area contributed by atoms with Crippen molar-refractivity contribution in [2.45, 2.75) is 64.4 Å². The molecule has 0 amide bonds. The summed E-state index contributed by atoms with van der Waals surface area (Å²) in [5.41, 5.74) is 2.00. The summed E-state index contributed by atoms with van der Waals surface area (Å²) < 4.78 is 0. The third-order valence-electron chi connectivity index (χ3n) is 4.18. The predicted octanol–water partition coefficient (Wildman–Crippen LogP) is 4.43. The molecule has 1 atom stereocenters. The molecule has 100 valence electrons. The average Bonchev–Trinajstić information content (AvgIpc) is 2.50. The van der Waals surface area contributed by atoms with Gasteiger partial charge in [-0.1, -0.05) is 44.5 Å². The fraction of sp³-hybridized carbons (Fsp3) is 0.647. The van der Waals surface area contributed by atoms with Gasteiger partial charge in [0, 0.05) is 0 Å². The van der Waals surface area contributed by atoms with Gasteiger partial charge in [-0.05, 0) is 55.6 Å². The maximum absolute atomic E-state index is 11.0. The quantitative estimate of drug-likeness (QED) is 0.779. The molecular weight excluding hydrogens is 220 g/mol. The maximum atomic E-state index is 11.0. The number of hydrogen-bond donors (Lipinski definition) is 1. The molecule has 1 N–H and O–H groups in total. The second-order valence-corrected chi connectivity index (χ2v) is 6.18. The predicted molar refractivity (Wildman–Crippen MR) is 76.6 cm³/mol. The molecule has 0 bridgehead atoms. The van der Waals surface area contributed by atoms with Crippen molar-refractivity contribution in [3.05, 3.63) is 35.4 Å². The van der Waals surface area contributed by atoms with Crippen LogP contribution in [0.25, 0.3) is 0 Å². The molecule has 2 rings (SSSR count). The summed E-state index contributed by atoms with van der Waals surface area (Å²) in [4.78, 5) is 0. The van der Waals surface area contributed by atoms with E-state index in [4.69, 9.17) is 0 Å². The first-order valence-electron chi connectivity index (χ1n) is 7.42. The Bertz CT molecular complexity index is 383. The normalized spacial score (nSPS) is 23.8. The first-order chi connectivity index (χ1) is 8.62. The summed E-state index contributed by atoms with van der Waals surface area (Å²) in [6, 6.07) is 8.49. The number of benzene rings is 1. The van der Waals surface area contributed by atoms with Crippen LogP contribution >= 0.6 is 0 Å². The van der Waals surface area contributed by atoms with Gasteiger partial charge in [0.15, 0.2) is 0 Å². The Labute approximate surface area is 111 Å². The van der Waals surface area contributed by atoms with Crippen LogP contribution in [0.2, 0.25) is 0 Å². The van der Waals surface area contributed by atoms with Crippen molar-refractivity contribution in [3.63, 3.8) is 0 Å². The van der Waals surface area contributed by atoms with Crippen molar-refractivity contribution in [1.29, 1.82) is 0 Å². The monoisotopic (exact) mass is 246 g/mol. The van der Waals surface area contributed by atoms with Crippen LogP contribution in [0.3, 0.4) is 0 Å². The van der Waals surface area contributed by atoms with Gasteiger partial charge >= 0.3 is 0 Å². The third-order valence-corrected chi connectivity index (χ3v) is 4.18. The van der Waals surface area contributed by atoms with Crippen LogP contribution in [-0.4, -0.2) is 5.11 Å². The van der Waals surface area contributed by atoms with Crippen LogP contribution < -0.4 is 0 Å². The van der Waals surface area contributed by atoms with Crippen LogP contribution in [0.1, 0.15) is 63.5 Å². The fourth-order valence-corrected chi connectivity index (χ4v) is 3.12. The standard InChI is InChI=1S/C17H26O/c1-14(2)8-7-13-17(18)12-6-5-10-15-9-3-4-11-16(15)17/h3-4,9,11,14,18H,5-8,10,12-13H2,1-2H3. The highest BCUT2D eigenvalue weighted by Gasteiger charge is 2.31. The fourth-order valence-electron chi connectivity index (χ4n) is 3.12. The third kappa shape index (κ3) is 3.14. The first-order valence-corrected chi connectivity index (χ1v) is 7.42. The Morgan fingerprint density at radius 1 is 1.22 bits per heavy atom. The van der Waals surface area contributed by atoms with Gasteiger partial charge in [-0.2, -0.15) is 0 Å².